The summed E-state index contributed by atoms with van der Waals surface area (Å²) in [5.41, 5.74) is 0. The number of hydrogen-bond acceptors (Lipinski definition) is 7. The van der Waals surface area contributed by atoms with Crippen LogP contribution in [0.2, 0.25) is 0 Å². The van der Waals surface area contributed by atoms with Crippen LogP contribution in [0.5, 0.6) is 0 Å². The Morgan fingerprint density at radius 1 is 0.455 bits per heavy atom. The first-order valence-corrected chi connectivity index (χ1v) is 9.73. The Balaban J connectivity index is 2.16. The minimum atomic E-state index is 0.375. The molecule has 1 fully saturated rings. The van der Waals surface area contributed by atoms with Crippen molar-refractivity contribution < 1.29 is 0 Å². The third-order valence-electron chi connectivity index (χ3n) is 3.83. The third-order valence-corrected chi connectivity index (χ3v) is 5.30. The summed E-state index contributed by atoms with van der Waals surface area (Å²) in [5.74, 6) is 0. The van der Waals surface area contributed by atoms with Gasteiger partial charge in [-0.1, -0.05) is 0 Å². The topological polar surface area (TPSA) is 60.1 Å². The van der Waals surface area contributed by atoms with Crippen LogP contribution >= 0.6 is 25.3 Å². The third kappa shape index (κ3) is 12.0. The van der Waals surface area contributed by atoms with Gasteiger partial charge in [0.25, 0.3) is 0 Å². The Kier molecular flexibility index (Phi) is 14.1. The zero-order valence-corrected chi connectivity index (χ0v) is 15.5. The molecule has 1 aliphatic rings. The van der Waals surface area contributed by atoms with Crippen LogP contribution in [0.4, 0.5) is 0 Å². The minimum absolute atomic E-state index is 0.375. The van der Waals surface area contributed by atoms with E-state index in [0.29, 0.717) is 10.5 Å². The Bertz CT molecular complexity index is 222. The second-order valence-corrected chi connectivity index (χ2v) is 7.14. The molecule has 1 heterocycles. The van der Waals surface area contributed by atoms with E-state index < -0.39 is 0 Å². The fourth-order valence-corrected chi connectivity index (χ4v) is 3.01. The highest BCUT2D eigenvalue weighted by atomic mass is 32.1. The standard InChI is InChI=1S/C15H35N5S2/c21-14-2-1-4-16-6-8-18-10-12-20-13-11-19-9-7-17-5-3-15(14)22/h14-22H,1-13H2. The lowest BCUT2D eigenvalue weighted by molar-refractivity contribution is 0.535. The first kappa shape index (κ1) is 20.5. The summed E-state index contributed by atoms with van der Waals surface area (Å²) < 4.78 is 0. The first-order chi connectivity index (χ1) is 10.8. The molecular formula is C15H35N5S2. The summed E-state index contributed by atoms with van der Waals surface area (Å²) in [4.78, 5) is 0. The average molecular weight is 350 g/mol. The lowest BCUT2D eigenvalue weighted by Crippen LogP contribution is -2.37. The molecule has 0 aliphatic carbocycles. The van der Waals surface area contributed by atoms with Gasteiger partial charge >= 0.3 is 0 Å². The molecule has 0 saturated carbocycles. The lowest BCUT2D eigenvalue weighted by Gasteiger charge is -2.19. The molecule has 5 N–H and O–H groups in total. The summed E-state index contributed by atoms with van der Waals surface area (Å²) in [7, 11) is 0. The van der Waals surface area contributed by atoms with Crippen molar-refractivity contribution in [2.24, 2.45) is 0 Å². The van der Waals surface area contributed by atoms with Gasteiger partial charge in [-0.25, -0.2) is 0 Å². The largest absolute Gasteiger partial charge is 0.315 e. The van der Waals surface area contributed by atoms with Crippen molar-refractivity contribution in [2.75, 3.05) is 65.4 Å². The number of hydrogen-bond donors (Lipinski definition) is 7. The molecule has 0 aromatic heterocycles. The molecule has 132 valence electrons. The predicted octanol–water partition coefficient (Wildman–Crippen LogP) is -0.285. The molecule has 0 radical (unpaired) electrons. The number of nitrogens with one attached hydrogen (secondary N) is 5. The second-order valence-electron chi connectivity index (χ2n) is 5.82. The molecule has 22 heavy (non-hydrogen) atoms. The van der Waals surface area contributed by atoms with Crippen molar-refractivity contribution in [3.63, 3.8) is 0 Å². The summed E-state index contributed by atoms with van der Waals surface area (Å²) in [6, 6.07) is 0. The fourth-order valence-electron chi connectivity index (χ4n) is 2.40. The van der Waals surface area contributed by atoms with Gasteiger partial charge in [0.2, 0.25) is 0 Å². The Hall–Kier alpha value is 0.500. The molecule has 1 saturated heterocycles. The van der Waals surface area contributed by atoms with Gasteiger partial charge in [-0.05, 0) is 32.4 Å². The number of rotatable bonds is 0. The second kappa shape index (κ2) is 15.1. The van der Waals surface area contributed by atoms with Crippen LogP contribution in [-0.4, -0.2) is 75.9 Å². The Morgan fingerprint density at radius 3 is 1.32 bits per heavy atom. The molecule has 0 aromatic rings. The lowest BCUT2D eigenvalue weighted by atomic mass is 10.1. The van der Waals surface area contributed by atoms with Crippen LogP contribution in [0, 0.1) is 0 Å². The van der Waals surface area contributed by atoms with E-state index in [-0.39, 0.29) is 0 Å². The van der Waals surface area contributed by atoms with Gasteiger partial charge in [0.05, 0.1) is 0 Å². The summed E-state index contributed by atoms with van der Waals surface area (Å²) >= 11 is 9.39. The van der Waals surface area contributed by atoms with Crippen molar-refractivity contribution in [1.82, 2.24) is 26.6 Å². The predicted molar refractivity (Wildman–Crippen MR) is 104 cm³/mol. The molecule has 5 nitrogen and oxygen atoms in total. The van der Waals surface area contributed by atoms with Crippen molar-refractivity contribution in [3.8, 4) is 0 Å². The monoisotopic (exact) mass is 349 g/mol. The van der Waals surface area contributed by atoms with Crippen LogP contribution < -0.4 is 26.6 Å². The van der Waals surface area contributed by atoms with E-state index in [9.17, 15) is 0 Å². The van der Waals surface area contributed by atoms with Crippen LogP contribution in [-0.2, 0) is 0 Å². The van der Waals surface area contributed by atoms with Crippen molar-refractivity contribution in [2.45, 2.75) is 29.8 Å². The normalized spacial score (nSPS) is 29.7. The van der Waals surface area contributed by atoms with Crippen LogP contribution in [0.25, 0.3) is 0 Å². The quantitative estimate of drug-likeness (QED) is 0.307. The molecule has 0 aromatic carbocycles. The SMILES string of the molecule is SC1CCCNCCNCCNCCNCCNCCC1S. The zero-order valence-electron chi connectivity index (χ0n) is 13.7. The summed E-state index contributed by atoms with van der Waals surface area (Å²) in [5, 5.41) is 18.0. The van der Waals surface area contributed by atoms with E-state index >= 15 is 0 Å². The molecule has 7 heteroatoms. The van der Waals surface area contributed by atoms with Gasteiger partial charge in [0.1, 0.15) is 0 Å². The smallest absolute Gasteiger partial charge is 0.0145 e. The fraction of sp³-hybridized carbons (Fsp3) is 1.00. The highest BCUT2D eigenvalue weighted by molar-refractivity contribution is 7.85. The van der Waals surface area contributed by atoms with Gasteiger partial charge in [0, 0.05) is 62.9 Å². The van der Waals surface area contributed by atoms with Gasteiger partial charge in [-0.3, -0.25) is 0 Å². The Morgan fingerprint density at radius 2 is 0.818 bits per heavy atom. The summed E-state index contributed by atoms with van der Waals surface area (Å²) in [6.07, 6.45) is 3.38. The maximum Gasteiger partial charge on any atom is 0.0145 e. The maximum atomic E-state index is 4.70. The molecule has 2 atom stereocenters. The summed E-state index contributed by atoms with van der Waals surface area (Å²) in [6.45, 7) is 10.3. The molecule has 1 aliphatic heterocycles. The first-order valence-electron chi connectivity index (χ1n) is 8.70. The van der Waals surface area contributed by atoms with E-state index in [1.165, 1.54) is 6.42 Å². The van der Waals surface area contributed by atoms with Gasteiger partial charge in [0.15, 0.2) is 0 Å². The minimum Gasteiger partial charge on any atom is -0.315 e. The van der Waals surface area contributed by atoms with Crippen molar-refractivity contribution in [1.29, 1.82) is 0 Å². The van der Waals surface area contributed by atoms with E-state index in [1.54, 1.807) is 0 Å². The van der Waals surface area contributed by atoms with E-state index in [4.69, 9.17) is 25.3 Å². The van der Waals surface area contributed by atoms with E-state index in [0.717, 1.165) is 78.3 Å². The Labute approximate surface area is 147 Å². The van der Waals surface area contributed by atoms with E-state index in [1.807, 2.05) is 0 Å². The highest BCUT2D eigenvalue weighted by Gasteiger charge is 2.13. The van der Waals surface area contributed by atoms with E-state index in [2.05, 4.69) is 26.6 Å². The highest BCUT2D eigenvalue weighted by Crippen LogP contribution is 2.17. The van der Waals surface area contributed by atoms with Crippen molar-refractivity contribution in [3.05, 3.63) is 0 Å². The zero-order chi connectivity index (χ0) is 15.9. The molecule has 0 amide bonds. The van der Waals surface area contributed by atoms with Gasteiger partial charge in [-0.2, -0.15) is 25.3 Å². The van der Waals surface area contributed by atoms with Gasteiger partial charge in [-0.15, -0.1) is 0 Å². The van der Waals surface area contributed by atoms with Crippen LogP contribution in [0.1, 0.15) is 19.3 Å². The molecule has 0 bridgehead atoms. The number of thiol groups is 2. The average Bonchev–Trinajstić information content (AvgIpc) is 2.52. The van der Waals surface area contributed by atoms with Crippen LogP contribution in [0.15, 0.2) is 0 Å². The van der Waals surface area contributed by atoms with Crippen LogP contribution in [0.3, 0.4) is 0 Å². The van der Waals surface area contributed by atoms with Crippen molar-refractivity contribution >= 4 is 25.3 Å². The molecule has 1 rings (SSSR count). The maximum absolute atomic E-state index is 4.70. The molecule has 2 unspecified atom stereocenters. The molecular weight excluding hydrogens is 314 g/mol. The van der Waals surface area contributed by atoms with Gasteiger partial charge < -0.3 is 26.6 Å². The molecule has 0 spiro atoms.